The standard InChI is InChI=1S/C19H16N2/c1-13-11-14(2)20-19(12-13)21-17-9-5-3-7-15(17)16-8-4-6-10-18(16)21/h3-12H,1-2H3. The Morgan fingerprint density at radius 1 is 0.762 bits per heavy atom. The van der Waals surface area contributed by atoms with Gasteiger partial charge in [-0.3, -0.25) is 4.57 Å². The molecule has 0 aliphatic carbocycles. The first kappa shape index (κ1) is 12.2. The maximum Gasteiger partial charge on any atom is 0.138 e. The number of aromatic nitrogens is 2. The van der Waals surface area contributed by atoms with Crippen LogP contribution in [0.25, 0.3) is 27.6 Å². The number of hydrogen-bond acceptors (Lipinski definition) is 1. The zero-order valence-corrected chi connectivity index (χ0v) is 12.2. The van der Waals surface area contributed by atoms with Gasteiger partial charge >= 0.3 is 0 Å². The van der Waals surface area contributed by atoms with Gasteiger partial charge in [0.2, 0.25) is 0 Å². The molecule has 0 aliphatic heterocycles. The zero-order chi connectivity index (χ0) is 14.4. The molecule has 0 unspecified atom stereocenters. The Hall–Kier alpha value is -2.61. The molecule has 4 aromatic rings. The number of rotatable bonds is 1. The van der Waals surface area contributed by atoms with Gasteiger partial charge < -0.3 is 0 Å². The van der Waals surface area contributed by atoms with E-state index in [4.69, 9.17) is 4.98 Å². The predicted octanol–water partition coefficient (Wildman–Crippen LogP) is 4.80. The van der Waals surface area contributed by atoms with Gasteiger partial charge in [-0.2, -0.15) is 0 Å². The Morgan fingerprint density at radius 3 is 1.90 bits per heavy atom. The molecule has 2 heterocycles. The summed E-state index contributed by atoms with van der Waals surface area (Å²) in [7, 11) is 0. The number of fused-ring (bicyclic) bond motifs is 3. The second kappa shape index (κ2) is 4.45. The smallest absolute Gasteiger partial charge is 0.138 e. The van der Waals surface area contributed by atoms with Gasteiger partial charge in [0.15, 0.2) is 0 Å². The van der Waals surface area contributed by atoms with Gasteiger partial charge in [-0.15, -0.1) is 0 Å². The van der Waals surface area contributed by atoms with Crippen LogP contribution < -0.4 is 0 Å². The molecule has 0 saturated carbocycles. The Kier molecular flexibility index (Phi) is 2.58. The SMILES string of the molecule is Cc1cc(C)nc(-n2c3ccccc3c3ccccc32)c1. The maximum absolute atomic E-state index is 4.74. The molecule has 102 valence electrons. The first-order valence-corrected chi connectivity index (χ1v) is 7.18. The van der Waals surface area contributed by atoms with E-state index in [0.29, 0.717) is 0 Å². The second-order valence-electron chi connectivity index (χ2n) is 5.51. The quantitative estimate of drug-likeness (QED) is 0.487. The number of benzene rings is 2. The lowest BCUT2D eigenvalue weighted by Crippen LogP contribution is -1.99. The maximum atomic E-state index is 4.74. The van der Waals surface area contributed by atoms with Gasteiger partial charge in [0, 0.05) is 16.5 Å². The molecule has 2 nitrogen and oxygen atoms in total. The minimum Gasteiger partial charge on any atom is -0.294 e. The van der Waals surface area contributed by atoms with Crippen LogP contribution in [0.15, 0.2) is 60.7 Å². The van der Waals surface area contributed by atoms with E-state index in [1.54, 1.807) is 0 Å². The average molecular weight is 272 g/mol. The number of aryl methyl sites for hydroxylation is 2. The number of nitrogens with zero attached hydrogens (tertiary/aromatic N) is 2. The van der Waals surface area contributed by atoms with E-state index in [0.717, 1.165) is 11.5 Å². The largest absolute Gasteiger partial charge is 0.294 e. The molecule has 0 fully saturated rings. The molecule has 2 heteroatoms. The van der Waals surface area contributed by atoms with E-state index >= 15 is 0 Å². The van der Waals surface area contributed by atoms with Crippen molar-refractivity contribution >= 4 is 21.8 Å². The molecular weight excluding hydrogens is 256 g/mol. The average Bonchev–Trinajstić information content (AvgIpc) is 2.81. The van der Waals surface area contributed by atoms with Crippen molar-refractivity contribution in [1.82, 2.24) is 9.55 Å². The van der Waals surface area contributed by atoms with E-state index in [-0.39, 0.29) is 0 Å². The minimum absolute atomic E-state index is 0.991. The first-order valence-electron chi connectivity index (χ1n) is 7.18. The Bertz CT molecular complexity index is 890. The summed E-state index contributed by atoms with van der Waals surface area (Å²) in [5.41, 5.74) is 4.69. The fourth-order valence-electron chi connectivity index (χ4n) is 3.10. The van der Waals surface area contributed by atoms with Crippen molar-refractivity contribution in [2.75, 3.05) is 0 Å². The van der Waals surface area contributed by atoms with Crippen LogP contribution >= 0.6 is 0 Å². The third-order valence-electron chi connectivity index (χ3n) is 3.89. The molecule has 0 atom stereocenters. The fourth-order valence-corrected chi connectivity index (χ4v) is 3.10. The van der Waals surface area contributed by atoms with Gasteiger partial charge in [0.1, 0.15) is 5.82 Å². The van der Waals surface area contributed by atoms with Gasteiger partial charge in [-0.1, -0.05) is 36.4 Å². The van der Waals surface area contributed by atoms with Crippen molar-refractivity contribution in [2.24, 2.45) is 0 Å². The van der Waals surface area contributed by atoms with Crippen molar-refractivity contribution in [1.29, 1.82) is 0 Å². The predicted molar refractivity (Wildman–Crippen MR) is 88.1 cm³/mol. The third-order valence-corrected chi connectivity index (χ3v) is 3.89. The van der Waals surface area contributed by atoms with Crippen LogP contribution in [0, 0.1) is 13.8 Å². The molecule has 0 radical (unpaired) electrons. The highest BCUT2D eigenvalue weighted by molar-refractivity contribution is 6.09. The van der Waals surface area contributed by atoms with Gasteiger partial charge in [0.05, 0.1) is 11.0 Å². The van der Waals surface area contributed by atoms with Crippen molar-refractivity contribution in [2.45, 2.75) is 13.8 Å². The van der Waals surface area contributed by atoms with Crippen LogP contribution in [-0.2, 0) is 0 Å². The molecule has 21 heavy (non-hydrogen) atoms. The highest BCUT2D eigenvalue weighted by atomic mass is 15.1. The molecule has 0 aliphatic rings. The van der Waals surface area contributed by atoms with Crippen LogP contribution in [0.1, 0.15) is 11.3 Å². The third kappa shape index (κ3) is 1.83. The lowest BCUT2D eigenvalue weighted by atomic mass is 10.2. The molecule has 0 bridgehead atoms. The summed E-state index contributed by atoms with van der Waals surface area (Å²) in [6.07, 6.45) is 0. The topological polar surface area (TPSA) is 17.8 Å². The molecule has 2 aromatic carbocycles. The summed E-state index contributed by atoms with van der Waals surface area (Å²) in [5, 5.41) is 2.54. The normalized spacial score (nSPS) is 11.3. The summed E-state index contributed by atoms with van der Waals surface area (Å²) in [6.45, 7) is 4.16. The van der Waals surface area contributed by atoms with Crippen LogP contribution in [0.3, 0.4) is 0 Å². The van der Waals surface area contributed by atoms with Gasteiger partial charge in [-0.05, 0) is 43.7 Å². The fraction of sp³-hybridized carbons (Fsp3) is 0.105. The van der Waals surface area contributed by atoms with E-state index < -0.39 is 0 Å². The number of hydrogen-bond donors (Lipinski definition) is 0. The van der Waals surface area contributed by atoms with Crippen molar-refractivity contribution in [3.63, 3.8) is 0 Å². The summed E-state index contributed by atoms with van der Waals surface area (Å²) < 4.78 is 2.25. The van der Waals surface area contributed by atoms with Crippen molar-refractivity contribution in [3.8, 4) is 5.82 Å². The second-order valence-corrected chi connectivity index (χ2v) is 5.51. The molecule has 0 amide bonds. The Labute approximate surface area is 123 Å². The minimum atomic E-state index is 0.991. The number of para-hydroxylation sites is 2. The van der Waals surface area contributed by atoms with Crippen LogP contribution in [0.2, 0.25) is 0 Å². The van der Waals surface area contributed by atoms with E-state index in [1.165, 1.54) is 27.4 Å². The van der Waals surface area contributed by atoms with Crippen molar-refractivity contribution < 1.29 is 0 Å². The molecular formula is C19H16N2. The summed E-state index contributed by atoms with van der Waals surface area (Å²) in [5.74, 6) is 0.991. The summed E-state index contributed by atoms with van der Waals surface area (Å²) in [6, 6.07) is 21.3. The summed E-state index contributed by atoms with van der Waals surface area (Å²) in [4.78, 5) is 4.74. The Morgan fingerprint density at radius 2 is 1.33 bits per heavy atom. The summed E-state index contributed by atoms with van der Waals surface area (Å²) >= 11 is 0. The monoisotopic (exact) mass is 272 g/mol. The van der Waals surface area contributed by atoms with E-state index in [9.17, 15) is 0 Å². The van der Waals surface area contributed by atoms with Crippen molar-refractivity contribution in [3.05, 3.63) is 71.9 Å². The lowest BCUT2D eigenvalue weighted by Gasteiger charge is -2.08. The van der Waals surface area contributed by atoms with Gasteiger partial charge in [-0.25, -0.2) is 4.98 Å². The van der Waals surface area contributed by atoms with Gasteiger partial charge in [0.25, 0.3) is 0 Å². The molecule has 0 spiro atoms. The number of pyridine rings is 1. The van der Waals surface area contributed by atoms with Crippen LogP contribution in [0.4, 0.5) is 0 Å². The molecule has 0 N–H and O–H groups in total. The first-order chi connectivity index (χ1) is 10.2. The van der Waals surface area contributed by atoms with Crippen LogP contribution in [-0.4, -0.2) is 9.55 Å². The Balaban J connectivity index is 2.20. The highest BCUT2D eigenvalue weighted by Gasteiger charge is 2.12. The molecule has 0 saturated heterocycles. The highest BCUT2D eigenvalue weighted by Crippen LogP contribution is 2.31. The van der Waals surface area contributed by atoms with E-state index in [2.05, 4.69) is 72.2 Å². The molecule has 4 rings (SSSR count). The molecule has 2 aromatic heterocycles. The van der Waals surface area contributed by atoms with Crippen LogP contribution in [0.5, 0.6) is 0 Å². The van der Waals surface area contributed by atoms with E-state index in [1.807, 2.05) is 6.92 Å². The lowest BCUT2D eigenvalue weighted by molar-refractivity contribution is 1.04. The zero-order valence-electron chi connectivity index (χ0n) is 12.2.